The van der Waals surface area contributed by atoms with Gasteiger partial charge in [-0.3, -0.25) is 14.1 Å². The van der Waals surface area contributed by atoms with Crippen LogP contribution in [0.5, 0.6) is 0 Å². The maximum Gasteiger partial charge on any atom is 0.429 e. The number of hydroxylamine groups is 2. The van der Waals surface area contributed by atoms with E-state index in [1.165, 1.54) is 18.8 Å². The van der Waals surface area contributed by atoms with Crippen LogP contribution in [0.3, 0.4) is 0 Å². The molecule has 0 aromatic heterocycles. The van der Waals surface area contributed by atoms with Crippen LogP contribution in [-0.2, 0) is 13.7 Å². The van der Waals surface area contributed by atoms with Crippen molar-refractivity contribution in [1.29, 1.82) is 0 Å². The lowest BCUT2D eigenvalue weighted by atomic mass is 9.95. The van der Waals surface area contributed by atoms with Crippen LogP contribution < -0.4 is 0 Å². The van der Waals surface area contributed by atoms with Crippen molar-refractivity contribution in [3.63, 3.8) is 0 Å². The Bertz CT molecular complexity index is 829. The number of rotatable bonds is 5. The fourth-order valence-electron chi connectivity index (χ4n) is 2.56. The normalized spacial score (nSPS) is 16.8. The smallest absolute Gasteiger partial charge is 0.296 e. The molecule has 126 valence electrons. The molecule has 0 N–H and O–H groups in total. The molecule has 2 aromatic carbocycles. The lowest BCUT2D eigenvalue weighted by Crippen LogP contribution is -2.40. The summed E-state index contributed by atoms with van der Waals surface area (Å²) in [5.41, 5.74) is 0.647. The molecule has 0 unspecified atom stereocenters. The lowest BCUT2D eigenvalue weighted by molar-refractivity contribution is -0.0349. The SMILES string of the molecule is CCO[P@@](=O)(ON1C(=O)c2cccc3cccc(c23)C1=O)N(C)C. The monoisotopic (exact) mass is 348 g/mol. The molecular weight excluding hydrogens is 331 g/mol. The van der Waals surface area contributed by atoms with E-state index in [2.05, 4.69) is 0 Å². The summed E-state index contributed by atoms with van der Waals surface area (Å²) in [5.74, 6) is -1.32. The number of benzene rings is 2. The number of carbonyl (C=O) groups excluding carboxylic acids is 2. The van der Waals surface area contributed by atoms with Crippen molar-refractivity contribution in [3.05, 3.63) is 47.5 Å². The van der Waals surface area contributed by atoms with Crippen molar-refractivity contribution < 1.29 is 23.3 Å². The van der Waals surface area contributed by atoms with Crippen molar-refractivity contribution in [2.45, 2.75) is 6.92 Å². The maximum atomic E-state index is 12.8. The van der Waals surface area contributed by atoms with Gasteiger partial charge in [0.1, 0.15) is 0 Å². The van der Waals surface area contributed by atoms with Gasteiger partial charge in [0.2, 0.25) is 0 Å². The summed E-state index contributed by atoms with van der Waals surface area (Å²) in [7, 11) is -0.825. The van der Waals surface area contributed by atoms with Gasteiger partial charge in [0, 0.05) is 5.39 Å². The van der Waals surface area contributed by atoms with Crippen LogP contribution >= 0.6 is 7.75 Å². The number of carbonyl (C=O) groups is 2. The topological polar surface area (TPSA) is 76.1 Å². The average molecular weight is 348 g/mol. The van der Waals surface area contributed by atoms with Crippen molar-refractivity contribution in [2.24, 2.45) is 0 Å². The first-order chi connectivity index (χ1) is 11.4. The molecule has 1 aliphatic rings. The Kier molecular flexibility index (Phi) is 4.27. The third kappa shape index (κ3) is 2.56. The second kappa shape index (κ2) is 6.11. The van der Waals surface area contributed by atoms with Gasteiger partial charge in [0.25, 0.3) is 11.8 Å². The Morgan fingerprint density at radius 1 is 1.04 bits per heavy atom. The molecule has 0 saturated carbocycles. The van der Waals surface area contributed by atoms with Crippen molar-refractivity contribution in [3.8, 4) is 0 Å². The summed E-state index contributed by atoms with van der Waals surface area (Å²) >= 11 is 0. The third-order valence-electron chi connectivity index (χ3n) is 3.70. The summed E-state index contributed by atoms with van der Waals surface area (Å²) in [6.45, 7) is 1.76. The third-order valence-corrected chi connectivity index (χ3v) is 5.64. The molecule has 8 heteroatoms. The van der Waals surface area contributed by atoms with E-state index in [-0.39, 0.29) is 6.61 Å². The first-order valence-electron chi connectivity index (χ1n) is 7.41. The highest BCUT2D eigenvalue weighted by atomic mass is 31.2. The highest BCUT2D eigenvalue weighted by Gasteiger charge is 2.41. The summed E-state index contributed by atoms with van der Waals surface area (Å²) in [4.78, 5) is 25.4. The predicted molar refractivity (Wildman–Crippen MR) is 88.5 cm³/mol. The number of hydrogen-bond acceptors (Lipinski definition) is 5. The first kappa shape index (κ1) is 16.8. The van der Waals surface area contributed by atoms with Gasteiger partial charge in [-0.05, 0) is 38.5 Å². The van der Waals surface area contributed by atoms with Crippen molar-refractivity contribution in [2.75, 3.05) is 20.7 Å². The molecule has 0 fully saturated rings. The molecule has 0 aliphatic carbocycles. The number of amides is 2. The van der Waals surface area contributed by atoms with Crippen molar-refractivity contribution in [1.82, 2.24) is 9.73 Å². The second-order valence-corrected chi connectivity index (χ2v) is 7.59. The molecule has 1 atom stereocenters. The zero-order chi connectivity index (χ0) is 17.5. The van der Waals surface area contributed by atoms with E-state index in [0.717, 1.165) is 5.39 Å². The van der Waals surface area contributed by atoms with Crippen LogP contribution in [0.2, 0.25) is 0 Å². The van der Waals surface area contributed by atoms with Gasteiger partial charge < -0.3 is 0 Å². The molecule has 7 nitrogen and oxygen atoms in total. The maximum absolute atomic E-state index is 12.8. The van der Waals surface area contributed by atoms with E-state index in [4.69, 9.17) is 9.15 Å². The number of nitrogens with zero attached hydrogens (tertiary/aromatic N) is 2. The summed E-state index contributed by atoms with van der Waals surface area (Å²) in [5, 5.41) is 1.89. The molecule has 0 bridgehead atoms. The molecular formula is C16H17N2O5P. The fourth-order valence-corrected chi connectivity index (χ4v) is 3.67. The summed E-state index contributed by atoms with van der Waals surface area (Å²) in [6.07, 6.45) is 0. The van der Waals surface area contributed by atoms with E-state index in [0.29, 0.717) is 21.6 Å². The summed E-state index contributed by atoms with van der Waals surface area (Å²) < 4.78 is 24.4. The van der Waals surface area contributed by atoms with Gasteiger partial charge >= 0.3 is 7.75 Å². The van der Waals surface area contributed by atoms with Gasteiger partial charge in [-0.15, -0.1) is 5.06 Å². The van der Waals surface area contributed by atoms with Crippen LogP contribution in [0, 0.1) is 0 Å². The zero-order valence-electron chi connectivity index (χ0n) is 13.6. The van der Waals surface area contributed by atoms with E-state index in [9.17, 15) is 14.2 Å². The Balaban J connectivity index is 2.09. The van der Waals surface area contributed by atoms with E-state index < -0.39 is 19.6 Å². The Morgan fingerprint density at radius 2 is 1.58 bits per heavy atom. The average Bonchev–Trinajstić information content (AvgIpc) is 2.56. The number of hydrogen-bond donors (Lipinski definition) is 0. The largest absolute Gasteiger partial charge is 0.429 e. The Hall–Kier alpha value is -2.05. The van der Waals surface area contributed by atoms with Crippen LogP contribution in [0.25, 0.3) is 10.8 Å². The van der Waals surface area contributed by atoms with Gasteiger partial charge in [-0.1, -0.05) is 24.3 Å². The number of imide groups is 1. The summed E-state index contributed by atoms with van der Waals surface area (Å²) in [6, 6.07) is 10.3. The minimum Gasteiger partial charge on any atom is -0.296 e. The van der Waals surface area contributed by atoms with E-state index in [1.807, 2.05) is 12.1 Å². The molecule has 0 spiro atoms. The Morgan fingerprint density at radius 3 is 2.04 bits per heavy atom. The highest BCUT2D eigenvalue weighted by molar-refractivity contribution is 7.51. The molecule has 1 aliphatic heterocycles. The van der Waals surface area contributed by atoms with Gasteiger partial charge in [-0.25, -0.2) is 9.24 Å². The van der Waals surface area contributed by atoms with Crippen LogP contribution in [-0.4, -0.2) is 42.3 Å². The van der Waals surface area contributed by atoms with Gasteiger partial charge in [0.05, 0.1) is 17.7 Å². The van der Waals surface area contributed by atoms with E-state index >= 15 is 0 Å². The minimum absolute atomic E-state index is 0.109. The molecule has 1 heterocycles. The zero-order valence-corrected chi connectivity index (χ0v) is 14.4. The van der Waals surface area contributed by atoms with Crippen LogP contribution in [0.4, 0.5) is 0 Å². The van der Waals surface area contributed by atoms with E-state index in [1.54, 1.807) is 31.2 Å². The lowest BCUT2D eigenvalue weighted by Gasteiger charge is -2.30. The molecule has 0 radical (unpaired) electrons. The molecule has 0 saturated heterocycles. The molecule has 24 heavy (non-hydrogen) atoms. The van der Waals surface area contributed by atoms with Crippen molar-refractivity contribution >= 4 is 30.3 Å². The quantitative estimate of drug-likeness (QED) is 0.610. The Labute approximate surface area is 139 Å². The highest BCUT2D eigenvalue weighted by Crippen LogP contribution is 2.51. The fraction of sp³-hybridized carbons (Fsp3) is 0.250. The van der Waals surface area contributed by atoms with Crippen LogP contribution in [0.15, 0.2) is 36.4 Å². The molecule has 3 rings (SSSR count). The first-order valence-corrected chi connectivity index (χ1v) is 8.91. The standard InChI is InChI=1S/C16H17N2O5P/c1-4-22-24(21,17(2)3)23-18-15(19)12-9-5-7-11-8-6-10-13(14(11)12)16(18)20/h5-10H,4H2,1-3H3/t24-/m1/s1. The van der Waals surface area contributed by atoms with Gasteiger partial charge in [-0.2, -0.15) is 4.62 Å². The molecule has 2 amide bonds. The minimum atomic E-state index is -3.80. The molecule has 2 aromatic rings. The van der Waals surface area contributed by atoms with Crippen LogP contribution in [0.1, 0.15) is 27.6 Å². The second-order valence-electron chi connectivity index (χ2n) is 5.43. The predicted octanol–water partition coefficient (Wildman–Crippen LogP) is 3.07. The van der Waals surface area contributed by atoms with Gasteiger partial charge in [0.15, 0.2) is 0 Å².